The number of sulfonamides is 1. The minimum Gasteiger partial charge on any atom is -0.312 e. The highest BCUT2D eigenvalue weighted by Crippen LogP contribution is 2.24. The number of allylic oxidation sites excluding steroid dienone is 1. The average molecular weight is 389 g/mol. The van der Waals surface area contributed by atoms with Crippen molar-refractivity contribution in [2.24, 2.45) is 4.40 Å². The maximum atomic E-state index is 12.6. The third-order valence-corrected chi connectivity index (χ3v) is 6.14. The number of benzene rings is 2. The summed E-state index contributed by atoms with van der Waals surface area (Å²) in [4.78, 5) is 10.8. The molecule has 3 rings (SSSR count). The number of hydrogen-bond donors (Lipinski definition) is 0. The maximum absolute atomic E-state index is 12.6. The normalized spacial score (nSPS) is 12.4. The Morgan fingerprint density at radius 2 is 1.96 bits per heavy atom. The fourth-order valence-corrected chi connectivity index (χ4v) is 4.69. The molecule has 0 amide bonds. The Labute approximate surface area is 153 Å². The molecule has 9 heteroatoms. The number of fused-ring (bicyclic) bond motifs is 1. The summed E-state index contributed by atoms with van der Waals surface area (Å²) in [5.74, 6) is 0. The molecule has 0 spiro atoms. The van der Waals surface area contributed by atoms with Crippen molar-refractivity contribution in [3.8, 4) is 0 Å². The van der Waals surface area contributed by atoms with E-state index in [1.165, 1.54) is 24.3 Å². The highest BCUT2D eigenvalue weighted by molar-refractivity contribution is 7.90. The third-order valence-electron chi connectivity index (χ3n) is 3.71. The molecule has 2 aromatic carbocycles. The van der Waals surface area contributed by atoms with Gasteiger partial charge in [0.2, 0.25) is 4.80 Å². The van der Waals surface area contributed by atoms with Gasteiger partial charge >= 0.3 is 0 Å². The number of nitro benzene ring substituents is 1. The lowest BCUT2D eigenvalue weighted by atomic mass is 10.2. The Bertz CT molecular complexity index is 1170. The number of aromatic nitrogens is 1. The largest absolute Gasteiger partial charge is 0.312 e. The molecule has 0 aliphatic carbocycles. The fraction of sp³-hybridized carbons (Fsp3) is 0.118. The number of hydrogen-bond acceptors (Lipinski definition) is 5. The van der Waals surface area contributed by atoms with Gasteiger partial charge in [-0.3, -0.25) is 10.1 Å². The summed E-state index contributed by atoms with van der Waals surface area (Å²) in [5, 5.41) is 11.0. The van der Waals surface area contributed by atoms with E-state index in [4.69, 9.17) is 0 Å². The van der Waals surface area contributed by atoms with Gasteiger partial charge in [0.25, 0.3) is 15.7 Å². The number of non-ortho nitro benzene ring substituents is 1. The molecular formula is C17H15N3O4S2. The van der Waals surface area contributed by atoms with Gasteiger partial charge in [-0.15, -0.1) is 11.0 Å². The Balaban J connectivity index is 2.23. The minimum absolute atomic E-state index is 0.0579. The number of thiazole rings is 1. The molecule has 0 atom stereocenters. The zero-order valence-corrected chi connectivity index (χ0v) is 15.5. The smallest absolute Gasteiger partial charge is 0.285 e. The van der Waals surface area contributed by atoms with E-state index in [-0.39, 0.29) is 15.4 Å². The van der Waals surface area contributed by atoms with E-state index in [1.54, 1.807) is 28.8 Å². The molecule has 0 unspecified atom stereocenters. The van der Waals surface area contributed by atoms with Gasteiger partial charge in [0.15, 0.2) is 0 Å². The van der Waals surface area contributed by atoms with Crippen LogP contribution in [0.25, 0.3) is 10.2 Å². The van der Waals surface area contributed by atoms with Crippen LogP contribution >= 0.6 is 11.3 Å². The SMILES string of the molecule is C=CCn1c(=NS(=O)(=O)c2ccc(C)cc2)sc2cc([N+](=O)[O-])ccc21. The zero-order valence-electron chi connectivity index (χ0n) is 13.8. The fourth-order valence-electron chi connectivity index (χ4n) is 2.42. The first-order valence-electron chi connectivity index (χ1n) is 7.58. The summed E-state index contributed by atoms with van der Waals surface area (Å²) in [5.41, 5.74) is 1.55. The first kappa shape index (κ1) is 18.0. The molecule has 0 aliphatic heterocycles. The zero-order chi connectivity index (χ0) is 18.9. The second-order valence-corrected chi connectivity index (χ2v) is 8.19. The van der Waals surface area contributed by atoms with Gasteiger partial charge in [0, 0.05) is 18.7 Å². The Morgan fingerprint density at radius 1 is 1.27 bits per heavy atom. The van der Waals surface area contributed by atoms with E-state index in [2.05, 4.69) is 11.0 Å². The van der Waals surface area contributed by atoms with Crippen molar-refractivity contribution in [1.82, 2.24) is 4.57 Å². The summed E-state index contributed by atoms with van der Waals surface area (Å²) in [6, 6.07) is 10.8. The number of nitro groups is 1. The second kappa shape index (κ2) is 6.85. The van der Waals surface area contributed by atoms with Gasteiger partial charge in [-0.1, -0.05) is 35.1 Å². The number of rotatable bonds is 5. The second-order valence-electron chi connectivity index (χ2n) is 5.57. The standard InChI is InChI=1S/C17H15N3O4S2/c1-3-10-19-15-9-6-13(20(21)22)11-16(15)25-17(19)18-26(23,24)14-7-4-12(2)5-8-14/h3-9,11H,1,10H2,2H3. The first-order valence-corrected chi connectivity index (χ1v) is 9.84. The van der Waals surface area contributed by atoms with Crippen molar-refractivity contribution in [2.45, 2.75) is 18.4 Å². The summed E-state index contributed by atoms with van der Waals surface area (Å²) >= 11 is 1.09. The van der Waals surface area contributed by atoms with Crippen LogP contribution in [-0.4, -0.2) is 17.9 Å². The average Bonchev–Trinajstić information content (AvgIpc) is 2.91. The van der Waals surface area contributed by atoms with E-state index in [0.29, 0.717) is 16.8 Å². The molecule has 0 radical (unpaired) electrons. The minimum atomic E-state index is -3.90. The van der Waals surface area contributed by atoms with Gasteiger partial charge in [0.1, 0.15) is 0 Å². The monoisotopic (exact) mass is 389 g/mol. The van der Waals surface area contributed by atoms with Crippen LogP contribution < -0.4 is 4.80 Å². The van der Waals surface area contributed by atoms with Crippen LogP contribution in [0.2, 0.25) is 0 Å². The van der Waals surface area contributed by atoms with Gasteiger partial charge < -0.3 is 4.57 Å². The molecule has 7 nitrogen and oxygen atoms in total. The lowest BCUT2D eigenvalue weighted by Crippen LogP contribution is -2.16. The van der Waals surface area contributed by atoms with Crippen LogP contribution in [0.15, 0.2) is 64.4 Å². The molecule has 0 saturated heterocycles. The van der Waals surface area contributed by atoms with E-state index < -0.39 is 14.9 Å². The first-order chi connectivity index (χ1) is 12.3. The molecule has 134 valence electrons. The molecule has 3 aromatic rings. The van der Waals surface area contributed by atoms with Crippen molar-refractivity contribution < 1.29 is 13.3 Å². The number of aryl methyl sites for hydroxylation is 1. The quantitative estimate of drug-likeness (QED) is 0.380. The topological polar surface area (TPSA) is 94.6 Å². The molecule has 1 aromatic heterocycles. The molecule has 0 N–H and O–H groups in total. The third kappa shape index (κ3) is 3.44. The molecule has 0 fully saturated rings. The van der Waals surface area contributed by atoms with Crippen molar-refractivity contribution in [3.63, 3.8) is 0 Å². The summed E-state index contributed by atoms with van der Waals surface area (Å²) in [6.45, 7) is 5.88. The Morgan fingerprint density at radius 3 is 2.58 bits per heavy atom. The van der Waals surface area contributed by atoms with E-state index >= 15 is 0 Å². The molecule has 1 heterocycles. The highest BCUT2D eigenvalue weighted by Gasteiger charge is 2.16. The van der Waals surface area contributed by atoms with Crippen LogP contribution in [0.3, 0.4) is 0 Å². The maximum Gasteiger partial charge on any atom is 0.285 e. The Hall–Kier alpha value is -2.78. The molecule has 0 bridgehead atoms. The van der Waals surface area contributed by atoms with Gasteiger partial charge in [-0.05, 0) is 25.1 Å². The summed E-state index contributed by atoms with van der Waals surface area (Å²) < 4.78 is 31.4. The van der Waals surface area contributed by atoms with Gasteiger partial charge in [-0.2, -0.15) is 8.42 Å². The molecule has 0 aliphatic rings. The van der Waals surface area contributed by atoms with Crippen molar-refractivity contribution in [3.05, 3.63) is 75.6 Å². The van der Waals surface area contributed by atoms with Crippen LogP contribution in [0, 0.1) is 17.0 Å². The highest BCUT2D eigenvalue weighted by atomic mass is 32.2. The van der Waals surface area contributed by atoms with Crippen LogP contribution in [-0.2, 0) is 16.6 Å². The Kier molecular flexibility index (Phi) is 4.75. The van der Waals surface area contributed by atoms with E-state index in [0.717, 1.165) is 16.9 Å². The molecular weight excluding hydrogens is 374 g/mol. The molecule has 26 heavy (non-hydrogen) atoms. The molecule has 0 saturated carbocycles. The van der Waals surface area contributed by atoms with Crippen LogP contribution in [0.4, 0.5) is 5.69 Å². The summed E-state index contributed by atoms with van der Waals surface area (Å²) in [6.07, 6.45) is 1.62. The number of nitrogens with zero attached hydrogens (tertiary/aromatic N) is 3. The lowest BCUT2D eigenvalue weighted by molar-refractivity contribution is -0.384. The van der Waals surface area contributed by atoms with E-state index in [9.17, 15) is 18.5 Å². The van der Waals surface area contributed by atoms with E-state index in [1.807, 2.05) is 6.92 Å². The van der Waals surface area contributed by atoms with Gasteiger partial charge in [-0.25, -0.2) is 0 Å². The van der Waals surface area contributed by atoms with Crippen molar-refractivity contribution >= 4 is 37.3 Å². The van der Waals surface area contributed by atoms with Crippen LogP contribution in [0.5, 0.6) is 0 Å². The predicted molar refractivity (Wildman–Crippen MR) is 101 cm³/mol. The predicted octanol–water partition coefficient (Wildman–Crippen LogP) is 3.40. The summed E-state index contributed by atoms with van der Waals surface area (Å²) in [7, 11) is -3.90. The lowest BCUT2D eigenvalue weighted by Gasteiger charge is -2.02. The van der Waals surface area contributed by atoms with Crippen molar-refractivity contribution in [2.75, 3.05) is 0 Å². The van der Waals surface area contributed by atoms with Crippen LogP contribution in [0.1, 0.15) is 5.56 Å². The van der Waals surface area contributed by atoms with Gasteiger partial charge in [0.05, 0.1) is 20.0 Å². The van der Waals surface area contributed by atoms with Crippen molar-refractivity contribution in [1.29, 1.82) is 0 Å².